The molecular formula is C15H13NO3. The van der Waals surface area contributed by atoms with Crippen molar-refractivity contribution in [3.05, 3.63) is 82.0 Å². The summed E-state index contributed by atoms with van der Waals surface area (Å²) >= 11 is 0. The standard InChI is InChI=1S/C15H13NO3/c17-16(18)11-10-14-8-4-5-9-15(14)19-12-13-6-2-1-3-7-13/h1-11H,12H2/b11-10+. The van der Waals surface area contributed by atoms with E-state index >= 15 is 0 Å². The van der Waals surface area contributed by atoms with Crippen molar-refractivity contribution in [2.45, 2.75) is 6.61 Å². The lowest BCUT2D eigenvalue weighted by Crippen LogP contribution is -1.96. The van der Waals surface area contributed by atoms with E-state index in [4.69, 9.17) is 4.74 Å². The van der Waals surface area contributed by atoms with Crippen molar-refractivity contribution in [1.82, 2.24) is 0 Å². The highest BCUT2D eigenvalue weighted by Gasteiger charge is 2.01. The zero-order valence-corrected chi connectivity index (χ0v) is 10.2. The molecule has 0 fully saturated rings. The molecule has 0 N–H and O–H groups in total. The molecule has 0 amide bonds. The van der Waals surface area contributed by atoms with Crippen LogP contribution in [0, 0.1) is 10.1 Å². The Hall–Kier alpha value is -2.62. The van der Waals surface area contributed by atoms with Gasteiger partial charge in [-0.05, 0) is 11.6 Å². The normalized spacial score (nSPS) is 10.5. The SMILES string of the molecule is O=[N+]([O-])/C=C/c1ccccc1OCc1ccccc1. The number of para-hydroxylation sites is 1. The number of nitro groups is 1. The third kappa shape index (κ3) is 3.96. The first-order valence-electron chi connectivity index (χ1n) is 5.83. The van der Waals surface area contributed by atoms with Crippen molar-refractivity contribution in [2.75, 3.05) is 0 Å². The van der Waals surface area contributed by atoms with Gasteiger partial charge in [0, 0.05) is 11.6 Å². The van der Waals surface area contributed by atoms with Gasteiger partial charge < -0.3 is 4.74 Å². The Morgan fingerprint density at radius 1 is 1.05 bits per heavy atom. The summed E-state index contributed by atoms with van der Waals surface area (Å²) in [5.74, 6) is 0.629. The Morgan fingerprint density at radius 3 is 2.47 bits per heavy atom. The Labute approximate surface area is 111 Å². The van der Waals surface area contributed by atoms with Crippen LogP contribution in [-0.4, -0.2) is 4.92 Å². The fourth-order valence-electron chi connectivity index (χ4n) is 1.63. The Balaban J connectivity index is 2.10. The fraction of sp³-hybridized carbons (Fsp3) is 0.0667. The fourth-order valence-corrected chi connectivity index (χ4v) is 1.63. The van der Waals surface area contributed by atoms with E-state index in [9.17, 15) is 10.1 Å². The molecule has 0 aromatic heterocycles. The molecule has 0 saturated heterocycles. The molecule has 0 unspecified atom stereocenters. The van der Waals surface area contributed by atoms with Gasteiger partial charge in [-0.2, -0.15) is 0 Å². The summed E-state index contributed by atoms with van der Waals surface area (Å²) in [5, 5.41) is 10.3. The second-order valence-electron chi connectivity index (χ2n) is 3.91. The van der Waals surface area contributed by atoms with E-state index in [2.05, 4.69) is 0 Å². The van der Waals surface area contributed by atoms with Gasteiger partial charge in [0.25, 0.3) is 0 Å². The Kier molecular flexibility index (Phi) is 4.29. The molecule has 0 bridgehead atoms. The third-order valence-electron chi connectivity index (χ3n) is 2.53. The van der Waals surface area contributed by atoms with E-state index in [1.165, 1.54) is 6.08 Å². The van der Waals surface area contributed by atoms with Crippen LogP contribution in [0.5, 0.6) is 5.75 Å². The van der Waals surface area contributed by atoms with E-state index in [0.717, 1.165) is 11.8 Å². The highest BCUT2D eigenvalue weighted by Crippen LogP contribution is 2.20. The molecule has 0 saturated carbocycles. The lowest BCUT2D eigenvalue weighted by atomic mass is 10.2. The van der Waals surface area contributed by atoms with E-state index in [1.54, 1.807) is 12.1 Å². The van der Waals surface area contributed by atoms with Crippen molar-refractivity contribution >= 4 is 6.08 Å². The first kappa shape index (κ1) is 12.8. The molecule has 2 rings (SSSR count). The van der Waals surface area contributed by atoms with Crippen LogP contribution in [0.2, 0.25) is 0 Å². The summed E-state index contributed by atoms with van der Waals surface area (Å²) in [6.07, 6.45) is 2.34. The largest absolute Gasteiger partial charge is 0.488 e. The molecule has 19 heavy (non-hydrogen) atoms. The van der Waals surface area contributed by atoms with Gasteiger partial charge in [0.15, 0.2) is 0 Å². The number of hydrogen-bond donors (Lipinski definition) is 0. The van der Waals surface area contributed by atoms with Crippen LogP contribution < -0.4 is 4.74 Å². The Morgan fingerprint density at radius 2 is 1.74 bits per heavy atom. The summed E-state index contributed by atoms with van der Waals surface area (Å²) < 4.78 is 5.68. The lowest BCUT2D eigenvalue weighted by Gasteiger charge is -2.08. The summed E-state index contributed by atoms with van der Waals surface area (Å²) in [4.78, 5) is 9.85. The summed E-state index contributed by atoms with van der Waals surface area (Å²) in [5.41, 5.74) is 1.74. The van der Waals surface area contributed by atoms with Crippen LogP contribution in [0.4, 0.5) is 0 Å². The minimum atomic E-state index is -0.492. The molecule has 4 nitrogen and oxygen atoms in total. The zero-order chi connectivity index (χ0) is 13.5. The molecule has 96 valence electrons. The van der Waals surface area contributed by atoms with Crippen LogP contribution >= 0.6 is 0 Å². The van der Waals surface area contributed by atoms with Crippen molar-refractivity contribution < 1.29 is 9.66 Å². The second-order valence-corrected chi connectivity index (χ2v) is 3.91. The van der Waals surface area contributed by atoms with Gasteiger partial charge in [0.05, 0.1) is 4.92 Å². The Bertz CT molecular complexity index is 579. The predicted octanol–water partition coefficient (Wildman–Crippen LogP) is 3.51. The van der Waals surface area contributed by atoms with Gasteiger partial charge in [-0.15, -0.1) is 0 Å². The van der Waals surface area contributed by atoms with Gasteiger partial charge >= 0.3 is 0 Å². The summed E-state index contributed by atoms with van der Waals surface area (Å²) in [6, 6.07) is 17.0. The molecule has 0 heterocycles. The maximum Gasteiger partial charge on any atom is 0.235 e. The monoisotopic (exact) mass is 255 g/mol. The third-order valence-corrected chi connectivity index (χ3v) is 2.53. The topological polar surface area (TPSA) is 52.4 Å². The van der Waals surface area contributed by atoms with Crippen LogP contribution in [0.1, 0.15) is 11.1 Å². The quantitative estimate of drug-likeness (QED) is 0.606. The maximum absolute atomic E-state index is 10.3. The first-order valence-corrected chi connectivity index (χ1v) is 5.83. The molecular weight excluding hydrogens is 242 g/mol. The van der Waals surface area contributed by atoms with E-state index in [1.807, 2.05) is 42.5 Å². The molecule has 0 aliphatic rings. The summed E-state index contributed by atoms with van der Waals surface area (Å²) in [7, 11) is 0. The van der Waals surface area contributed by atoms with Crippen molar-refractivity contribution in [3.8, 4) is 5.75 Å². The first-order chi connectivity index (χ1) is 9.25. The minimum Gasteiger partial charge on any atom is -0.488 e. The van der Waals surface area contributed by atoms with E-state index in [0.29, 0.717) is 17.9 Å². The van der Waals surface area contributed by atoms with Gasteiger partial charge in [0.1, 0.15) is 12.4 Å². The molecule has 0 atom stereocenters. The van der Waals surface area contributed by atoms with E-state index < -0.39 is 4.92 Å². The van der Waals surface area contributed by atoms with Crippen molar-refractivity contribution in [1.29, 1.82) is 0 Å². The van der Waals surface area contributed by atoms with Crippen LogP contribution in [0.3, 0.4) is 0 Å². The number of benzene rings is 2. The van der Waals surface area contributed by atoms with Crippen LogP contribution in [-0.2, 0) is 6.61 Å². The lowest BCUT2D eigenvalue weighted by molar-refractivity contribution is -0.400. The molecule has 2 aromatic carbocycles. The zero-order valence-electron chi connectivity index (χ0n) is 10.2. The average molecular weight is 255 g/mol. The number of rotatable bonds is 5. The molecule has 4 heteroatoms. The molecule has 0 radical (unpaired) electrons. The van der Waals surface area contributed by atoms with Crippen molar-refractivity contribution in [3.63, 3.8) is 0 Å². The van der Waals surface area contributed by atoms with Gasteiger partial charge in [0.2, 0.25) is 6.20 Å². The predicted molar refractivity (Wildman–Crippen MR) is 73.2 cm³/mol. The minimum absolute atomic E-state index is 0.435. The molecule has 2 aromatic rings. The van der Waals surface area contributed by atoms with Gasteiger partial charge in [-0.25, -0.2) is 0 Å². The molecule has 0 aliphatic heterocycles. The summed E-state index contributed by atoms with van der Waals surface area (Å²) in [6.45, 7) is 0.435. The molecule has 0 aliphatic carbocycles. The number of nitrogens with zero attached hydrogens (tertiary/aromatic N) is 1. The maximum atomic E-state index is 10.3. The van der Waals surface area contributed by atoms with Crippen LogP contribution in [0.15, 0.2) is 60.8 Å². The number of ether oxygens (including phenoxy) is 1. The van der Waals surface area contributed by atoms with Crippen LogP contribution in [0.25, 0.3) is 6.08 Å². The molecule has 0 spiro atoms. The smallest absolute Gasteiger partial charge is 0.235 e. The van der Waals surface area contributed by atoms with Gasteiger partial charge in [-0.1, -0.05) is 48.5 Å². The average Bonchev–Trinajstić information content (AvgIpc) is 2.45. The van der Waals surface area contributed by atoms with Gasteiger partial charge in [-0.3, -0.25) is 10.1 Å². The highest BCUT2D eigenvalue weighted by atomic mass is 16.6. The van der Waals surface area contributed by atoms with Crippen molar-refractivity contribution in [2.24, 2.45) is 0 Å². The van der Waals surface area contributed by atoms with E-state index in [-0.39, 0.29) is 0 Å². The number of hydrogen-bond acceptors (Lipinski definition) is 3. The highest BCUT2D eigenvalue weighted by molar-refractivity contribution is 5.56. The second kappa shape index (κ2) is 6.35.